The average Bonchev–Trinajstić information content (AvgIpc) is 3.27. The molecule has 3 unspecified atom stereocenters. The Morgan fingerprint density at radius 3 is 0.889 bits per heavy atom. The van der Waals surface area contributed by atoms with Gasteiger partial charge in [0.1, 0.15) is 0 Å². The van der Waals surface area contributed by atoms with Gasteiger partial charge in [0.05, 0.1) is 0 Å². The summed E-state index contributed by atoms with van der Waals surface area (Å²) < 4.78 is 351. The van der Waals surface area contributed by atoms with Gasteiger partial charge in [0, 0.05) is 11.8 Å². The Labute approximate surface area is 231 Å². The molecule has 0 aliphatic heterocycles. The quantitative estimate of drug-likeness (QED) is 0.186. The van der Waals surface area contributed by atoms with Gasteiger partial charge in [-0.05, 0) is 18.8 Å². The first-order valence-electron chi connectivity index (χ1n) is 11.1. The molecule has 1 rings (SSSR count). The van der Waals surface area contributed by atoms with Crippen LogP contribution >= 0.6 is 0 Å². The average molecular weight is 734 g/mol. The Kier molecular flexibility index (Phi) is 9.70. The molecule has 26 heteroatoms. The fourth-order valence-corrected chi connectivity index (χ4v) is 4.50. The Balaban J connectivity index is 3.96. The summed E-state index contributed by atoms with van der Waals surface area (Å²) >= 11 is 0. The second-order valence-electron chi connectivity index (χ2n) is 9.71. The van der Waals surface area contributed by atoms with Crippen LogP contribution < -0.4 is 0 Å². The molecule has 45 heavy (non-hydrogen) atoms. The van der Waals surface area contributed by atoms with Crippen LogP contribution in [0.25, 0.3) is 0 Å². The number of rotatable bonds is 11. The van der Waals surface area contributed by atoms with Crippen molar-refractivity contribution < 1.29 is 114 Å². The Bertz CT molecular complexity index is 1060. The lowest BCUT2D eigenvalue weighted by molar-refractivity contribution is -0.452. The summed E-state index contributed by atoms with van der Waals surface area (Å²) in [6.07, 6.45) is -21.6. The number of hydrogen-bond acceptors (Lipinski definition) is 0. The molecule has 0 saturated heterocycles. The zero-order valence-electron chi connectivity index (χ0n) is 20.7. The normalized spacial score (nSPS) is 23.1. The van der Waals surface area contributed by atoms with E-state index < -0.39 is 109 Å². The highest BCUT2D eigenvalue weighted by Crippen LogP contribution is 2.68. The first-order valence-corrected chi connectivity index (χ1v) is 11.1. The maximum atomic E-state index is 14.8. The molecule has 1 fully saturated rings. The molecule has 0 amide bonds. The van der Waals surface area contributed by atoms with E-state index in [9.17, 15) is 114 Å². The van der Waals surface area contributed by atoms with Gasteiger partial charge in [0.15, 0.2) is 0 Å². The summed E-state index contributed by atoms with van der Waals surface area (Å²) in [5, 5.41) is 0. The Morgan fingerprint density at radius 2 is 0.622 bits per heavy atom. The zero-order chi connectivity index (χ0) is 36.9. The smallest absolute Gasteiger partial charge is 0.199 e. The third-order valence-corrected chi connectivity index (χ3v) is 7.11. The minimum atomic E-state index is -8.71. The van der Waals surface area contributed by atoms with Gasteiger partial charge in [-0.25, -0.2) is 0 Å². The molecule has 0 aromatic carbocycles. The van der Waals surface area contributed by atoms with Crippen LogP contribution in [0.4, 0.5) is 114 Å². The molecular weight excluding hydrogens is 722 g/mol. The van der Waals surface area contributed by atoms with Crippen molar-refractivity contribution in [2.24, 2.45) is 17.8 Å². The molecule has 1 aliphatic carbocycles. The van der Waals surface area contributed by atoms with Crippen molar-refractivity contribution in [3.8, 4) is 0 Å². The molecule has 0 heterocycles. The van der Waals surface area contributed by atoms with E-state index in [-0.39, 0.29) is 0 Å². The third kappa shape index (κ3) is 5.13. The van der Waals surface area contributed by atoms with Crippen molar-refractivity contribution in [3.63, 3.8) is 0 Å². The summed E-state index contributed by atoms with van der Waals surface area (Å²) in [4.78, 5) is 0. The van der Waals surface area contributed by atoms with Gasteiger partial charge >= 0.3 is 71.6 Å². The maximum absolute atomic E-state index is 14.8. The van der Waals surface area contributed by atoms with Gasteiger partial charge in [-0.15, -0.1) is 0 Å². The van der Waals surface area contributed by atoms with E-state index in [4.69, 9.17) is 0 Å². The van der Waals surface area contributed by atoms with Crippen LogP contribution in [0.3, 0.4) is 0 Å². The minimum Gasteiger partial charge on any atom is -0.199 e. The maximum Gasteiger partial charge on any atom is 0.460 e. The molecule has 0 spiro atoms. The predicted octanol–water partition coefficient (Wildman–Crippen LogP) is 10.5. The second kappa shape index (κ2) is 10.6. The molecule has 270 valence electrons. The van der Waals surface area contributed by atoms with Crippen molar-refractivity contribution in [3.05, 3.63) is 0 Å². The van der Waals surface area contributed by atoms with Crippen molar-refractivity contribution in [2.45, 2.75) is 97.8 Å². The molecule has 0 nitrogen and oxygen atoms in total. The molecule has 0 aromatic rings. The molecule has 0 aromatic heterocycles. The van der Waals surface area contributed by atoms with Crippen LogP contribution in [0.15, 0.2) is 0 Å². The SMILES string of the molecule is CCC1CCC(C(F)(F)C(F)(F)C(F)(F)C(F)(F)C(F)(F)C(F)(F)F)C1C(F)(F)C(F)(F)C(F)(F)C(F)(F)C(F)(F)C(F)(F)F. The first kappa shape index (κ1) is 41.2. The standard InChI is InChI=1S/C19H12F26/c1-2-5-3-4-6(8(20,21)10(24,25)12(28,29)14(32,33)16(36,37)18(40,41)42)7(5)9(22,23)11(26,27)13(30,31)15(34,35)17(38,39)19(43,44)45/h5-7H,2-4H2,1H3. The molecule has 1 saturated carbocycles. The Morgan fingerprint density at radius 1 is 0.356 bits per heavy atom. The van der Waals surface area contributed by atoms with Gasteiger partial charge in [-0.2, -0.15) is 114 Å². The third-order valence-electron chi connectivity index (χ3n) is 7.11. The van der Waals surface area contributed by atoms with E-state index in [2.05, 4.69) is 0 Å². The van der Waals surface area contributed by atoms with E-state index in [1.54, 1.807) is 0 Å². The highest BCUT2D eigenvalue weighted by atomic mass is 19.4. The van der Waals surface area contributed by atoms with E-state index in [1.165, 1.54) is 0 Å². The summed E-state index contributed by atoms with van der Waals surface area (Å²) in [5.41, 5.74) is 0. The van der Waals surface area contributed by atoms with Gasteiger partial charge in [-0.1, -0.05) is 13.3 Å². The topological polar surface area (TPSA) is 0 Å². The molecule has 0 bridgehead atoms. The van der Waals surface area contributed by atoms with Crippen LogP contribution in [-0.2, 0) is 0 Å². The number of halogens is 26. The van der Waals surface area contributed by atoms with Crippen LogP contribution in [0.2, 0.25) is 0 Å². The monoisotopic (exact) mass is 734 g/mol. The van der Waals surface area contributed by atoms with Crippen molar-refractivity contribution in [1.29, 1.82) is 0 Å². The lowest BCUT2D eigenvalue weighted by Gasteiger charge is -2.46. The summed E-state index contributed by atoms with van der Waals surface area (Å²) in [6, 6.07) is 0. The van der Waals surface area contributed by atoms with Crippen molar-refractivity contribution in [2.75, 3.05) is 0 Å². The lowest BCUT2D eigenvalue weighted by atomic mass is 9.73. The molecule has 3 atom stereocenters. The molecule has 0 N–H and O–H groups in total. The van der Waals surface area contributed by atoms with Crippen LogP contribution in [0.1, 0.15) is 26.2 Å². The van der Waals surface area contributed by atoms with E-state index in [1.807, 2.05) is 0 Å². The van der Waals surface area contributed by atoms with Crippen LogP contribution in [0.5, 0.6) is 0 Å². The highest BCUT2D eigenvalue weighted by Gasteiger charge is 2.94. The van der Waals surface area contributed by atoms with E-state index in [0.717, 1.165) is 0 Å². The summed E-state index contributed by atoms with van der Waals surface area (Å²) in [7, 11) is 0. The number of alkyl halides is 26. The van der Waals surface area contributed by atoms with E-state index >= 15 is 0 Å². The second-order valence-corrected chi connectivity index (χ2v) is 9.71. The van der Waals surface area contributed by atoms with Gasteiger partial charge < -0.3 is 0 Å². The minimum absolute atomic E-state index is 0.377. The molecule has 0 radical (unpaired) electrons. The van der Waals surface area contributed by atoms with Gasteiger partial charge in [0.2, 0.25) is 0 Å². The molecular formula is C19H12F26. The van der Waals surface area contributed by atoms with Crippen molar-refractivity contribution >= 4 is 0 Å². The Hall–Kier alpha value is -1.82. The van der Waals surface area contributed by atoms with Crippen LogP contribution in [0, 0.1) is 17.8 Å². The molecule has 1 aliphatic rings. The largest absolute Gasteiger partial charge is 0.460 e. The van der Waals surface area contributed by atoms with Gasteiger partial charge in [-0.3, -0.25) is 0 Å². The zero-order valence-corrected chi connectivity index (χ0v) is 20.7. The first-order chi connectivity index (χ1) is 19.2. The lowest BCUT2D eigenvalue weighted by Crippen LogP contribution is -2.73. The highest BCUT2D eigenvalue weighted by molar-refractivity contribution is 5.17. The van der Waals surface area contributed by atoms with Gasteiger partial charge in [0.25, 0.3) is 0 Å². The van der Waals surface area contributed by atoms with Crippen LogP contribution in [-0.4, -0.2) is 71.6 Å². The van der Waals surface area contributed by atoms with E-state index in [0.29, 0.717) is 6.92 Å². The predicted molar refractivity (Wildman–Crippen MR) is 91.6 cm³/mol. The fraction of sp³-hybridized carbons (Fsp3) is 1.00. The summed E-state index contributed by atoms with van der Waals surface area (Å²) in [6.45, 7) is 0.377. The number of hydrogen-bond donors (Lipinski definition) is 0. The van der Waals surface area contributed by atoms with Crippen molar-refractivity contribution in [1.82, 2.24) is 0 Å². The fourth-order valence-electron chi connectivity index (χ4n) is 4.50. The summed E-state index contributed by atoms with van der Waals surface area (Å²) in [5.74, 6) is -96.7.